The zero-order valence-corrected chi connectivity index (χ0v) is 16.8. The number of urea groups is 1. The van der Waals surface area contributed by atoms with Crippen molar-refractivity contribution in [2.75, 3.05) is 25.6 Å². The first kappa shape index (κ1) is 22.3. The second-order valence-electron chi connectivity index (χ2n) is 6.50. The molecule has 0 aromatic heterocycles. The van der Waals surface area contributed by atoms with Gasteiger partial charge in [-0.05, 0) is 36.4 Å². The fourth-order valence-electron chi connectivity index (χ4n) is 2.84. The minimum absolute atomic E-state index is 0.121. The number of nitrogens with zero attached hydrogens (tertiary/aromatic N) is 1. The zero-order valence-electron chi connectivity index (χ0n) is 16.8. The second kappa shape index (κ2) is 9.60. The molecule has 0 radical (unpaired) electrons. The van der Waals surface area contributed by atoms with Gasteiger partial charge in [0.1, 0.15) is 18.1 Å². The van der Waals surface area contributed by atoms with E-state index in [0.717, 1.165) is 0 Å². The first-order chi connectivity index (χ1) is 15.3. The lowest BCUT2D eigenvalue weighted by molar-refractivity contribution is -0.140. The maximum atomic E-state index is 13.0. The molecule has 1 aliphatic rings. The number of para-hydroxylation sites is 1. The first-order valence-corrected chi connectivity index (χ1v) is 9.20. The average Bonchev–Trinajstić information content (AvgIpc) is 3.01. The molecule has 0 atom stereocenters. The van der Waals surface area contributed by atoms with E-state index in [1.165, 1.54) is 37.5 Å². The standard InChI is InChI=1S/C21H18FN3O7/c1-31-16-4-2-3-12(9-15-20(29)25(10-18(27)28)21(30)24-15)19(16)32-11-17(26)23-14-7-5-13(22)6-8-14/h2-9H,10-11H2,1H3,(H,23,26)(H,24,30)(H,27,28)/b15-9+. The van der Waals surface area contributed by atoms with E-state index in [9.17, 15) is 23.6 Å². The van der Waals surface area contributed by atoms with Crippen molar-refractivity contribution in [1.82, 2.24) is 10.2 Å². The topological polar surface area (TPSA) is 134 Å². The number of anilines is 1. The molecule has 0 bridgehead atoms. The highest BCUT2D eigenvalue weighted by Crippen LogP contribution is 2.33. The van der Waals surface area contributed by atoms with E-state index in [4.69, 9.17) is 14.6 Å². The number of rotatable bonds is 8. The molecule has 32 heavy (non-hydrogen) atoms. The third-order valence-electron chi connectivity index (χ3n) is 4.26. The highest BCUT2D eigenvalue weighted by atomic mass is 19.1. The highest BCUT2D eigenvalue weighted by Gasteiger charge is 2.35. The quantitative estimate of drug-likeness (QED) is 0.419. The molecule has 3 N–H and O–H groups in total. The summed E-state index contributed by atoms with van der Waals surface area (Å²) in [6.07, 6.45) is 1.29. The van der Waals surface area contributed by atoms with Gasteiger partial charge in [-0.15, -0.1) is 0 Å². The number of imide groups is 1. The van der Waals surface area contributed by atoms with Crippen LogP contribution in [0.25, 0.3) is 6.08 Å². The predicted octanol–water partition coefficient (Wildman–Crippen LogP) is 1.83. The maximum absolute atomic E-state index is 13.0. The smallest absolute Gasteiger partial charge is 0.329 e. The number of carbonyl (C=O) groups is 4. The average molecular weight is 443 g/mol. The van der Waals surface area contributed by atoms with Crippen LogP contribution in [0.2, 0.25) is 0 Å². The molecule has 0 saturated carbocycles. The van der Waals surface area contributed by atoms with Gasteiger partial charge in [-0.3, -0.25) is 14.4 Å². The van der Waals surface area contributed by atoms with Gasteiger partial charge < -0.3 is 25.2 Å². The molecular formula is C21H18FN3O7. The Bertz CT molecular complexity index is 1100. The summed E-state index contributed by atoms with van der Waals surface area (Å²) in [7, 11) is 1.38. The van der Waals surface area contributed by atoms with Crippen molar-refractivity contribution in [2.45, 2.75) is 0 Å². The van der Waals surface area contributed by atoms with E-state index >= 15 is 0 Å². The van der Waals surface area contributed by atoms with E-state index in [2.05, 4.69) is 10.6 Å². The maximum Gasteiger partial charge on any atom is 0.329 e. The number of nitrogens with one attached hydrogen (secondary N) is 2. The Labute approximate surface area is 181 Å². The van der Waals surface area contributed by atoms with Gasteiger partial charge in [0.15, 0.2) is 18.1 Å². The number of halogens is 1. The van der Waals surface area contributed by atoms with E-state index in [1.807, 2.05) is 0 Å². The molecular weight excluding hydrogens is 425 g/mol. The van der Waals surface area contributed by atoms with Gasteiger partial charge in [0, 0.05) is 11.3 Å². The normalized spacial score (nSPS) is 14.3. The number of methoxy groups -OCH3 is 1. The van der Waals surface area contributed by atoms with Crippen molar-refractivity contribution in [2.24, 2.45) is 0 Å². The Kier molecular flexibility index (Phi) is 6.68. The van der Waals surface area contributed by atoms with E-state index in [0.29, 0.717) is 16.2 Å². The van der Waals surface area contributed by atoms with Crippen molar-refractivity contribution in [3.05, 3.63) is 59.5 Å². The summed E-state index contributed by atoms with van der Waals surface area (Å²) in [5, 5.41) is 13.7. The van der Waals surface area contributed by atoms with Gasteiger partial charge in [0.2, 0.25) is 0 Å². The lowest BCUT2D eigenvalue weighted by Gasteiger charge is -2.14. The van der Waals surface area contributed by atoms with Crippen LogP contribution in [0, 0.1) is 5.82 Å². The van der Waals surface area contributed by atoms with Crippen molar-refractivity contribution in [1.29, 1.82) is 0 Å². The van der Waals surface area contributed by atoms with Gasteiger partial charge in [0.25, 0.3) is 11.8 Å². The van der Waals surface area contributed by atoms with Gasteiger partial charge >= 0.3 is 12.0 Å². The molecule has 1 saturated heterocycles. The third kappa shape index (κ3) is 5.19. The fourth-order valence-corrected chi connectivity index (χ4v) is 2.84. The molecule has 11 heteroatoms. The number of hydrogen-bond acceptors (Lipinski definition) is 6. The first-order valence-electron chi connectivity index (χ1n) is 9.20. The SMILES string of the molecule is COc1cccc(/C=C2/NC(=O)N(CC(=O)O)C2=O)c1OCC(=O)Nc1ccc(F)cc1. The Morgan fingerprint density at radius 3 is 2.56 bits per heavy atom. The molecule has 2 aromatic carbocycles. The molecule has 10 nitrogen and oxygen atoms in total. The molecule has 1 aliphatic heterocycles. The van der Waals surface area contributed by atoms with E-state index in [1.54, 1.807) is 18.2 Å². The number of hydrogen-bond donors (Lipinski definition) is 3. The molecule has 166 valence electrons. The van der Waals surface area contributed by atoms with E-state index < -0.39 is 42.8 Å². The van der Waals surface area contributed by atoms with Crippen LogP contribution in [0.3, 0.4) is 0 Å². The van der Waals surface area contributed by atoms with Gasteiger partial charge in [-0.1, -0.05) is 12.1 Å². The largest absolute Gasteiger partial charge is 0.493 e. The fraction of sp³-hybridized carbons (Fsp3) is 0.143. The molecule has 0 aliphatic carbocycles. The number of amides is 4. The third-order valence-corrected chi connectivity index (χ3v) is 4.26. The van der Waals surface area contributed by atoms with Crippen LogP contribution in [0.1, 0.15) is 5.56 Å². The Hall–Kier alpha value is -4.41. The van der Waals surface area contributed by atoms with Gasteiger partial charge in [0.05, 0.1) is 7.11 Å². The summed E-state index contributed by atoms with van der Waals surface area (Å²) in [4.78, 5) is 47.9. The van der Waals surface area contributed by atoms with Crippen LogP contribution in [0.4, 0.5) is 14.9 Å². The summed E-state index contributed by atoms with van der Waals surface area (Å²) in [5.41, 5.74) is 0.519. The Morgan fingerprint density at radius 2 is 1.91 bits per heavy atom. The van der Waals surface area contributed by atoms with Crippen LogP contribution in [-0.4, -0.2) is 54.1 Å². The van der Waals surface area contributed by atoms with Crippen molar-refractivity contribution in [3.63, 3.8) is 0 Å². The summed E-state index contributed by atoms with van der Waals surface area (Å²) < 4.78 is 23.8. The van der Waals surface area contributed by atoms with Crippen LogP contribution in [0.5, 0.6) is 11.5 Å². The summed E-state index contributed by atoms with van der Waals surface area (Å²) >= 11 is 0. The molecule has 1 fully saturated rings. The number of carboxylic acid groups (broad SMARTS) is 1. The number of carboxylic acids is 1. The molecule has 3 rings (SSSR count). The second-order valence-corrected chi connectivity index (χ2v) is 6.50. The van der Waals surface area contributed by atoms with Crippen LogP contribution in [-0.2, 0) is 14.4 Å². The lowest BCUT2D eigenvalue weighted by Crippen LogP contribution is -2.35. The van der Waals surface area contributed by atoms with Crippen molar-refractivity contribution in [3.8, 4) is 11.5 Å². The van der Waals surface area contributed by atoms with Gasteiger partial charge in [-0.25, -0.2) is 14.1 Å². The molecule has 0 unspecified atom stereocenters. The molecule has 2 aromatic rings. The summed E-state index contributed by atoms with van der Waals surface area (Å²) in [6.45, 7) is -1.22. The Morgan fingerprint density at radius 1 is 1.19 bits per heavy atom. The summed E-state index contributed by atoms with van der Waals surface area (Å²) in [6, 6.07) is 9.04. The van der Waals surface area contributed by atoms with Crippen molar-refractivity contribution >= 4 is 35.6 Å². The molecule has 4 amide bonds. The highest BCUT2D eigenvalue weighted by molar-refractivity contribution is 6.15. The summed E-state index contributed by atoms with van der Waals surface area (Å²) in [5.74, 6) is -2.75. The van der Waals surface area contributed by atoms with Gasteiger partial charge in [-0.2, -0.15) is 0 Å². The Balaban J connectivity index is 1.78. The van der Waals surface area contributed by atoms with Crippen LogP contribution in [0.15, 0.2) is 48.2 Å². The zero-order chi connectivity index (χ0) is 23.3. The van der Waals surface area contributed by atoms with Crippen LogP contribution < -0.4 is 20.1 Å². The predicted molar refractivity (Wildman–Crippen MR) is 109 cm³/mol. The number of ether oxygens (including phenoxy) is 2. The number of benzene rings is 2. The number of carbonyl (C=O) groups excluding carboxylic acids is 3. The number of aliphatic carboxylic acids is 1. The molecule has 0 spiro atoms. The minimum atomic E-state index is -1.34. The van der Waals surface area contributed by atoms with Crippen molar-refractivity contribution < 1.29 is 38.1 Å². The van der Waals surface area contributed by atoms with Crippen LogP contribution >= 0.6 is 0 Å². The monoisotopic (exact) mass is 443 g/mol. The minimum Gasteiger partial charge on any atom is -0.493 e. The van der Waals surface area contributed by atoms with E-state index in [-0.39, 0.29) is 17.2 Å². The molecule has 1 heterocycles. The lowest BCUT2D eigenvalue weighted by atomic mass is 10.1.